The number of hydrogen-bond donors (Lipinski definition) is 0. The summed E-state index contributed by atoms with van der Waals surface area (Å²) in [6.45, 7) is 3.14. The molecule has 5 nitrogen and oxygen atoms in total. The van der Waals surface area contributed by atoms with Crippen LogP contribution in [0.5, 0.6) is 0 Å². The molecule has 1 unspecified atom stereocenters. The first-order valence-corrected chi connectivity index (χ1v) is 8.89. The zero-order valence-corrected chi connectivity index (χ0v) is 15.1. The molecule has 6 heteroatoms. The summed E-state index contributed by atoms with van der Waals surface area (Å²) in [5.41, 5.74) is 3.10. The number of likely N-dealkylation sites (tertiary alicyclic amines) is 1. The van der Waals surface area contributed by atoms with Crippen LogP contribution in [0.15, 0.2) is 53.1 Å². The number of hydrogen-bond acceptors (Lipinski definition) is 4. The predicted octanol–water partition coefficient (Wildman–Crippen LogP) is 4.21. The Balaban J connectivity index is 1.48. The number of carbonyl (C=O) groups is 1. The molecule has 0 bridgehead atoms. The molecule has 0 spiro atoms. The lowest BCUT2D eigenvalue weighted by Crippen LogP contribution is -2.24. The van der Waals surface area contributed by atoms with Crippen LogP contribution >= 0.6 is 11.6 Å². The van der Waals surface area contributed by atoms with Gasteiger partial charge < -0.3 is 9.42 Å². The fourth-order valence-corrected chi connectivity index (χ4v) is 3.38. The van der Waals surface area contributed by atoms with Gasteiger partial charge in [0, 0.05) is 30.1 Å². The number of rotatable bonds is 4. The minimum absolute atomic E-state index is 0.0756. The van der Waals surface area contributed by atoms with Gasteiger partial charge in [-0.3, -0.25) is 4.79 Å². The smallest absolute Gasteiger partial charge is 0.232 e. The third-order valence-electron chi connectivity index (χ3n) is 4.58. The summed E-state index contributed by atoms with van der Waals surface area (Å²) < 4.78 is 5.44. The van der Waals surface area contributed by atoms with Crippen LogP contribution in [0.4, 0.5) is 0 Å². The number of benzene rings is 2. The van der Waals surface area contributed by atoms with Gasteiger partial charge in [-0.2, -0.15) is 4.98 Å². The minimum atomic E-state index is -0.0756. The molecular weight excluding hydrogens is 350 g/mol. The molecule has 3 aromatic rings. The maximum Gasteiger partial charge on any atom is 0.232 e. The van der Waals surface area contributed by atoms with Gasteiger partial charge in [-0.25, -0.2) is 0 Å². The van der Waals surface area contributed by atoms with Crippen LogP contribution < -0.4 is 0 Å². The van der Waals surface area contributed by atoms with Crippen molar-refractivity contribution >= 4 is 17.5 Å². The molecule has 0 aliphatic carbocycles. The minimum Gasteiger partial charge on any atom is -0.339 e. The van der Waals surface area contributed by atoms with E-state index in [1.165, 1.54) is 5.56 Å². The molecule has 1 atom stereocenters. The quantitative estimate of drug-likeness (QED) is 0.693. The van der Waals surface area contributed by atoms with E-state index in [2.05, 4.69) is 10.1 Å². The molecule has 0 N–H and O–H groups in total. The Morgan fingerprint density at radius 3 is 2.81 bits per heavy atom. The predicted molar refractivity (Wildman–Crippen MR) is 98.7 cm³/mol. The lowest BCUT2D eigenvalue weighted by molar-refractivity contribution is -0.128. The molecule has 26 heavy (non-hydrogen) atoms. The molecule has 1 aromatic heterocycles. The molecule has 0 radical (unpaired) electrons. The molecule has 4 rings (SSSR count). The van der Waals surface area contributed by atoms with Gasteiger partial charge in [-0.1, -0.05) is 58.7 Å². The first kappa shape index (κ1) is 16.8. The van der Waals surface area contributed by atoms with Crippen LogP contribution in [0.3, 0.4) is 0 Å². The van der Waals surface area contributed by atoms with Crippen LogP contribution in [0.25, 0.3) is 11.4 Å². The number of amides is 1. The van der Waals surface area contributed by atoms with Crippen molar-refractivity contribution in [3.8, 4) is 11.4 Å². The summed E-state index contributed by atoms with van der Waals surface area (Å²) in [6.07, 6.45) is 0.385. The Bertz CT molecular complexity index is 936. The molecule has 2 aromatic carbocycles. The van der Waals surface area contributed by atoms with Gasteiger partial charge in [0.15, 0.2) is 0 Å². The summed E-state index contributed by atoms with van der Waals surface area (Å²) in [6, 6.07) is 15.5. The van der Waals surface area contributed by atoms with Gasteiger partial charge >= 0.3 is 0 Å². The zero-order chi connectivity index (χ0) is 18.1. The SMILES string of the molecule is Cc1ccc(-c2noc(C3CC(=O)N(Cc4cccc(Cl)c4)C3)n2)cc1. The summed E-state index contributed by atoms with van der Waals surface area (Å²) in [5.74, 6) is 1.08. The summed E-state index contributed by atoms with van der Waals surface area (Å²) in [7, 11) is 0. The molecule has 1 aliphatic rings. The number of halogens is 1. The van der Waals surface area contributed by atoms with Crippen molar-refractivity contribution in [2.24, 2.45) is 0 Å². The summed E-state index contributed by atoms with van der Waals surface area (Å²) in [5, 5.41) is 4.74. The molecule has 1 saturated heterocycles. The van der Waals surface area contributed by atoms with E-state index in [4.69, 9.17) is 16.1 Å². The average molecular weight is 368 g/mol. The number of aryl methyl sites for hydroxylation is 1. The Morgan fingerprint density at radius 1 is 1.23 bits per heavy atom. The molecule has 1 aliphatic heterocycles. The molecule has 1 fully saturated rings. The first-order valence-electron chi connectivity index (χ1n) is 8.51. The third-order valence-corrected chi connectivity index (χ3v) is 4.81. The second-order valence-corrected chi connectivity index (χ2v) is 7.06. The van der Waals surface area contributed by atoms with Crippen molar-refractivity contribution in [2.75, 3.05) is 6.54 Å². The van der Waals surface area contributed by atoms with E-state index < -0.39 is 0 Å². The van der Waals surface area contributed by atoms with E-state index in [1.54, 1.807) is 0 Å². The second kappa shape index (κ2) is 6.92. The fourth-order valence-electron chi connectivity index (χ4n) is 3.17. The third kappa shape index (κ3) is 3.48. The highest BCUT2D eigenvalue weighted by atomic mass is 35.5. The molecule has 0 saturated carbocycles. The Kier molecular flexibility index (Phi) is 4.47. The van der Waals surface area contributed by atoms with Crippen molar-refractivity contribution in [1.29, 1.82) is 0 Å². The Labute approximate surface area is 156 Å². The lowest BCUT2D eigenvalue weighted by atomic mass is 10.1. The van der Waals surface area contributed by atoms with Crippen molar-refractivity contribution in [3.05, 3.63) is 70.6 Å². The summed E-state index contributed by atoms with van der Waals surface area (Å²) >= 11 is 6.03. The van der Waals surface area contributed by atoms with Gasteiger partial charge in [0.1, 0.15) is 0 Å². The van der Waals surface area contributed by atoms with Crippen LogP contribution in [-0.4, -0.2) is 27.5 Å². The van der Waals surface area contributed by atoms with Crippen molar-refractivity contribution in [1.82, 2.24) is 15.0 Å². The van der Waals surface area contributed by atoms with E-state index in [0.29, 0.717) is 36.2 Å². The monoisotopic (exact) mass is 367 g/mol. The lowest BCUT2D eigenvalue weighted by Gasteiger charge is -2.16. The molecule has 2 heterocycles. The van der Waals surface area contributed by atoms with Crippen LogP contribution in [0.2, 0.25) is 5.02 Å². The number of nitrogens with zero attached hydrogens (tertiary/aromatic N) is 3. The Morgan fingerprint density at radius 2 is 2.04 bits per heavy atom. The highest BCUT2D eigenvalue weighted by Crippen LogP contribution is 2.30. The zero-order valence-electron chi connectivity index (χ0n) is 14.4. The van der Waals surface area contributed by atoms with E-state index in [-0.39, 0.29) is 11.8 Å². The van der Waals surface area contributed by atoms with Crippen LogP contribution in [0, 0.1) is 6.92 Å². The van der Waals surface area contributed by atoms with Gasteiger partial charge in [0.2, 0.25) is 17.6 Å². The first-order chi connectivity index (χ1) is 12.6. The normalized spacial score (nSPS) is 17.1. The maximum absolute atomic E-state index is 12.4. The second-order valence-electron chi connectivity index (χ2n) is 6.63. The average Bonchev–Trinajstić information content (AvgIpc) is 3.23. The van der Waals surface area contributed by atoms with Crippen LogP contribution in [0.1, 0.15) is 29.4 Å². The summed E-state index contributed by atoms with van der Waals surface area (Å²) in [4.78, 5) is 18.7. The molecule has 1 amide bonds. The van der Waals surface area contributed by atoms with Crippen molar-refractivity contribution in [3.63, 3.8) is 0 Å². The van der Waals surface area contributed by atoms with Gasteiger partial charge in [-0.05, 0) is 24.6 Å². The van der Waals surface area contributed by atoms with Crippen LogP contribution in [-0.2, 0) is 11.3 Å². The molecular formula is C20H18ClN3O2. The number of aromatic nitrogens is 2. The Hall–Kier alpha value is -2.66. The fraction of sp³-hybridized carbons (Fsp3) is 0.250. The van der Waals surface area contributed by atoms with E-state index >= 15 is 0 Å². The number of carbonyl (C=O) groups excluding carboxylic acids is 1. The standard InChI is InChI=1S/C20H18ClN3O2/c1-13-5-7-15(8-6-13)19-22-20(26-23-19)16-10-18(25)24(12-16)11-14-3-2-4-17(21)9-14/h2-9,16H,10-12H2,1H3. The van der Waals surface area contributed by atoms with E-state index in [0.717, 1.165) is 11.1 Å². The van der Waals surface area contributed by atoms with Crippen molar-refractivity contribution < 1.29 is 9.32 Å². The topological polar surface area (TPSA) is 59.2 Å². The van der Waals surface area contributed by atoms with E-state index in [1.807, 2.05) is 60.4 Å². The van der Waals surface area contributed by atoms with Crippen molar-refractivity contribution in [2.45, 2.75) is 25.8 Å². The van der Waals surface area contributed by atoms with E-state index in [9.17, 15) is 4.79 Å². The largest absolute Gasteiger partial charge is 0.339 e. The van der Waals surface area contributed by atoms with Gasteiger partial charge in [-0.15, -0.1) is 0 Å². The highest BCUT2D eigenvalue weighted by Gasteiger charge is 2.34. The van der Waals surface area contributed by atoms with Gasteiger partial charge in [0.25, 0.3) is 0 Å². The maximum atomic E-state index is 12.4. The molecule has 132 valence electrons. The van der Waals surface area contributed by atoms with Gasteiger partial charge in [0.05, 0.1) is 5.92 Å². The highest BCUT2D eigenvalue weighted by molar-refractivity contribution is 6.30.